The number of piperazine rings is 1. The summed E-state index contributed by atoms with van der Waals surface area (Å²) < 4.78 is 1.68. The SMILES string of the molecule is Cc1nn(-c2ccccc2)c(C)c1C(=O)C(=O)N1CCN(c2ccc([N+](=O)[O-])cc2)CC1. The topological polar surface area (TPSA) is 102 Å². The lowest BCUT2D eigenvalue weighted by Gasteiger charge is -2.35. The van der Waals surface area contributed by atoms with E-state index in [9.17, 15) is 19.7 Å². The summed E-state index contributed by atoms with van der Waals surface area (Å²) in [5, 5.41) is 15.3. The van der Waals surface area contributed by atoms with Gasteiger partial charge in [-0.2, -0.15) is 5.10 Å². The van der Waals surface area contributed by atoms with E-state index in [0.29, 0.717) is 43.1 Å². The van der Waals surface area contributed by atoms with E-state index in [1.54, 1.807) is 35.6 Å². The number of Topliss-reactive ketones (excluding diaryl/α,β-unsaturated/α-hetero) is 1. The van der Waals surface area contributed by atoms with Gasteiger partial charge in [0.05, 0.1) is 27.6 Å². The van der Waals surface area contributed by atoms with Gasteiger partial charge in [0.1, 0.15) is 0 Å². The van der Waals surface area contributed by atoms with Crippen LogP contribution in [0.1, 0.15) is 21.7 Å². The Balaban J connectivity index is 1.45. The van der Waals surface area contributed by atoms with Crippen molar-refractivity contribution in [1.29, 1.82) is 0 Å². The number of nitrogens with zero attached hydrogens (tertiary/aromatic N) is 5. The Morgan fingerprint density at radius 2 is 1.53 bits per heavy atom. The van der Waals surface area contributed by atoms with Gasteiger partial charge >= 0.3 is 0 Å². The number of nitro groups is 1. The number of benzene rings is 2. The van der Waals surface area contributed by atoms with Crippen LogP contribution in [0.3, 0.4) is 0 Å². The molecule has 4 rings (SSSR count). The number of hydrogen-bond donors (Lipinski definition) is 0. The molecule has 0 N–H and O–H groups in total. The minimum atomic E-state index is -0.550. The Kier molecular flexibility index (Phi) is 5.72. The maximum atomic E-state index is 13.1. The second-order valence-corrected chi connectivity index (χ2v) is 7.68. The minimum Gasteiger partial charge on any atom is -0.368 e. The summed E-state index contributed by atoms with van der Waals surface area (Å²) >= 11 is 0. The molecule has 9 nitrogen and oxygen atoms in total. The van der Waals surface area contributed by atoms with E-state index in [0.717, 1.165) is 11.4 Å². The molecule has 2 aromatic carbocycles. The van der Waals surface area contributed by atoms with Crippen LogP contribution in [0.5, 0.6) is 0 Å². The lowest BCUT2D eigenvalue weighted by atomic mass is 10.1. The highest BCUT2D eigenvalue weighted by Crippen LogP contribution is 2.22. The van der Waals surface area contributed by atoms with E-state index in [4.69, 9.17) is 0 Å². The molecule has 0 aliphatic carbocycles. The zero-order valence-electron chi connectivity index (χ0n) is 17.9. The van der Waals surface area contributed by atoms with Crippen LogP contribution >= 0.6 is 0 Å². The van der Waals surface area contributed by atoms with Crippen molar-refractivity contribution in [3.8, 4) is 5.69 Å². The molecule has 9 heteroatoms. The summed E-state index contributed by atoms with van der Waals surface area (Å²) in [5.41, 5.74) is 3.22. The average molecular weight is 433 g/mol. The molecular weight excluding hydrogens is 410 g/mol. The molecule has 1 fully saturated rings. The standard InChI is InChI=1S/C23H23N5O4/c1-16-21(17(2)27(24-16)19-6-4-3-5-7-19)22(29)23(30)26-14-12-25(13-15-26)18-8-10-20(11-9-18)28(31)32/h3-11H,12-15H2,1-2H3. The maximum Gasteiger partial charge on any atom is 0.295 e. The van der Waals surface area contributed by atoms with Gasteiger partial charge in [0.15, 0.2) is 0 Å². The van der Waals surface area contributed by atoms with Gasteiger partial charge in [-0.05, 0) is 38.1 Å². The molecule has 1 aliphatic heterocycles. The molecule has 3 aromatic rings. The fraction of sp³-hybridized carbons (Fsp3) is 0.261. The summed E-state index contributed by atoms with van der Waals surface area (Å²) in [4.78, 5) is 40.0. The smallest absolute Gasteiger partial charge is 0.295 e. The first kappa shape index (κ1) is 21.2. The highest BCUT2D eigenvalue weighted by atomic mass is 16.6. The van der Waals surface area contributed by atoms with Gasteiger partial charge in [0.2, 0.25) is 0 Å². The van der Waals surface area contributed by atoms with Crippen LogP contribution in [0, 0.1) is 24.0 Å². The second kappa shape index (κ2) is 8.62. The van der Waals surface area contributed by atoms with Crippen LogP contribution in [0.25, 0.3) is 5.69 Å². The predicted molar refractivity (Wildman–Crippen MR) is 119 cm³/mol. The van der Waals surface area contributed by atoms with E-state index in [1.165, 1.54) is 12.1 Å². The van der Waals surface area contributed by atoms with Crippen molar-refractivity contribution in [2.24, 2.45) is 0 Å². The van der Waals surface area contributed by atoms with Gasteiger partial charge in [0, 0.05) is 44.0 Å². The van der Waals surface area contributed by atoms with Crippen LogP contribution in [0.2, 0.25) is 0 Å². The zero-order chi connectivity index (χ0) is 22.8. The van der Waals surface area contributed by atoms with E-state index >= 15 is 0 Å². The number of para-hydroxylation sites is 1. The van der Waals surface area contributed by atoms with Crippen molar-refractivity contribution in [2.75, 3.05) is 31.1 Å². The van der Waals surface area contributed by atoms with Crippen molar-refractivity contribution in [2.45, 2.75) is 13.8 Å². The summed E-state index contributed by atoms with van der Waals surface area (Å²) in [6.45, 7) is 5.40. The fourth-order valence-corrected chi connectivity index (χ4v) is 4.00. The Bertz CT molecular complexity index is 1160. The van der Waals surface area contributed by atoms with Crippen LogP contribution in [-0.4, -0.2) is 57.5 Å². The number of ketones is 1. The monoisotopic (exact) mass is 433 g/mol. The molecule has 0 atom stereocenters. The number of non-ortho nitro benzene ring substituents is 1. The van der Waals surface area contributed by atoms with E-state index < -0.39 is 16.6 Å². The fourth-order valence-electron chi connectivity index (χ4n) is 4.00. The van der Waals surface area contributed by atoms with Crippen molar-refractivity contribution < 1.29 is 14.5 Å². The van der Waals surface area contributed by atoms with Crippen molar-refractivity contribution in [1.82, 2.24) is 14.7 Å². The molecule has 1 amide bonds. The number of nitro benzene ring substituents is 1. The quantitative estimate of drug-likeness (QED) is 0.265. The highest BCUT2D eigenvalue weighted by molar-refractivity contribution is 6.43. The molecule has 1 saturated heterocycles. The van der Waals surface area contributed by atoms with Gasteiger partial charge in [-0.25, -0.2) is 4.68 Å². The van der Waals surface area contributed by atoms with Gasteiger partial charge in [-0.15, -0.1) is 0 Å². The maximum absolute atomic E-state index is 13.1. The first-order valence-corrected chi connectivity index (χ1v) is 10.3. The summed E-state index contributed by atoms with van der Waals surface area (Å²) in [5.74, 6) is -1.09. The van der Waals surface area contributed by atoms with Crippen molar-refractivity contribution in [3.63, 3.8) is 0 Å². The third-order valence-corrected chi connectivity index (χ3v) is 5.71. The van der Waals surface area contributed by atoms with Gasteiger partial charge < -0.3 is 9.80 Å². The van der Waals surface area contributed by atoms with Gasteiger partial charge in [-0.3, -0.25) is 19.7 Å². The second-order valence-electron chi connectivity index (χ2n) is 7.68. The zero-order valence-corrected chi connectivity index (χ0v) is 17.9. The summed E-state index contributed by atoms with van der Waals surface area (Å²) in [7, 11) is 0. The molecule has 0 saturated carbocycles. The number of aromatic nitrogens is 2. The first-order chi connectivity index (χ1) is 15.4. The Labute approximate surface area is 185 Å². The highest BCUT2D eigenvalue weighted by Gasteiger charge is 2.31. The molecular formula is C23H23N5O4. The number of carbonyl (C=O) groups excluding carboxylic acids is 2. The Morgan fingerprint density at radius 1 is 0.906 bits per heavy atom. The van der Waals surface area contributed by atoms with Gasteiger partial charge in [-0.1, -0.05) is 18.2 Å². The predicted octanol–water partition coefficient (Wildman–Crippen LogP) is 2.93. The molecule has 0 unspecified atom stereocenters. The Hall–Kier alpha value is -4.01. The van der Waals surface area contributed by atoms with Crippen LogP contribution < -0.4 is 4.90 Å². The van der Waals surface area contributed by atoms with Crippen LogP contribution in [0.4, 0.5) is 11.4 Å². The molecule has 164 valence electrons. The Morgan fingerprint density at radius 3 is 2.12 bits per heavy atom. The summed E-state index contributed by atoms with van der Waals surface area (Å²) in [6, 6.07) is 15.8. The van der Waals surface area contributed by atoms with Crippen LogP contribution in [0.15, 0.2) is 54.6 Å². The van der Waals surface area contributed by atoms with Crippen LogP contribution in [-0.2, 0) is 4.79 Å². The molecule has 1 aromatic heterocycles. The molecule has 1 aliphatic rings. The normalized spacial score (nSPS) is 13.8. The van der Waals surface area contributed by atoms with E-state index in [1.807, 2.05) is 35.2 Å². The number of amides is 1. The van der Waals surface area contributed by atoms with E-state index in [2.05, 4.69) is 5.10 Å². The molecule has 2 heterocycles. The third kappa shape index (κ3) is 3.96. The minimum absolute atomic E-state index is 0.0370. The number of anilines is 1. The van der Waals surface area contributed by atoms with Crippen molar-refractivity contribution >= 4 is 23.1 Å². The summed E-state index contributed by atoms with van der Waals surface area (Å²) in [6.07, 6.45) is 0. The number of aryl methyl sites for hydroxylation is 1. The number of carbonyl (C=O) groups is 2. The lowest BCUT2D eigenvalue weighted by Crippen LogP contribution is -2.50. The molecule has 0 spiro atoms. The van der Waals surface area contributed by atoms with E-state index in [-0.39, 0.29) is 5.69 Å². The number of hydrogen-bond acceptors (Lipinski definition) is 6. The van der Waals surface area contributed by atoms with Gasteiger partial charge in [0.25, 0.3) is 17.4 Å². The lowest BCUT2D eigenvalue weighted by molar-refractivity contribution is -0.384. The largest absolute Gasteiger partial charge is 0.368 e. The third-order valence-electron chi connectivity index (χ3n) is 5.71. The average Bonchev–Trinajstić information content (AvgIpc) is 3.12. The molecule has 32 heavy (non-hydrogen) atoms. The van der Waals surface area contributed by atoms with Crippen molar-refractivity contribution in [3.05, 3.63) is 81.7 Å². The first-order valence-electron chi connectivity index (χ1n) is 10.3. The number of rotatable bonds is 5. The molecule has 0 bridgehead atoms. The molecule has 0 radical (unpaired) electrons.